The second-order valence-electron chi connectivity index (χ2n) is 17.8. The minimum atomic E-state index is -5.03. The van der Waals surface area contributed by atoms with Crippen LogP contribution in [0.25, 0.3) is 21.5 Å². The van der Waals surface area contributed by atoms with Crippen molar-refractivity contribution in [1.29, 1.82) is 0 Å². The van der Waals surface area contributed by atoms with E-state index in [4.69, 9.17) is 9.47 Å². The molecular weight excluding hydrogens is 995 g/mol. The van der Waals surface area contributed by atoms with E-state index in [1.807, 2.05) is 23.3 Å². The van der Waals surface area contributed by atoms with Gasteiger partial charge < -0.3 is 24.8 Å². The number of amides is 1. The van der Waals surface area contributed by atoms with Crippen LogP contribution in [-0.4, -0.2) is 132 Å². The predicted octanol–water partition coefficient (Wildman–Crippen LogP) is 5.66. The zero-order chi connectivity index (χ0) is 51.8. The van der Waals surface area contributed by atoms with E-state index in [1.54, 1.807) is 37.3 Å². The lowest BCUT2D eigenvalue weighted by Crippen LogP contribution is -2.31. The van der Waals surface area contributed by atoms with Gasteiger partial charge >= 0.3 is 5.97 Å². The summed E-state index contributed by atoms with van der Waals surface area (Å²) in [5.74, 6) is -2.26. The topological polar surface area (TPSA) is 309 Å². The van der Waals surface area contributed by atoms with Crippen LogP contribution in [0.4, 0.5) is 11.4 Å². The summed E-state index contributed by atoms with van der Waals surface area (Å²) in [6.07, 6.45) is 6.52. The molecule has 0 saturated carbocycles. The highest BCUT2D eigenvalue weighted by atomic mass is 32.2. The summed E-state index contributed by atoms with van der Waals surface area (Å²) in [6, 6.07) is 10.5. The number of hydrogen-bond donors (Lipinski definition) is 6. The molecule has 70 heavy (non-hydrogen) atoms. The number of unbranched alkanes of at least 4 members (excludes halogenated alkanes) is 2. The fraction of sp³-hybridized carbons (Fsp3) is 0.413. The van der Waals surface area contributed by atoms with E-state index in [9.17, 15) is 66.6 Å². The first-order valence-electron chi connectivity index (χ1n) is 22.0. The maximum atomic E-state index is 13.5. The van der Waals surface area contributed by atoms with Crippen LogP contribution in [0, 0.1) is 0 Å². The normalized spacial score (nSPS) is 17.8. The molecule has 0 aliphatic carbocycles. The SMILES string of the molecule is COCCNC(=O)c1cc(S(=O)(=O)O)c2ccc3c(c2c1)C(C)(CCCS(=O)(=O)O)C(=CC=CC1=[N+](CCCCCC(=O)O)c2ccc4c(S(=O)(=O)O)cc(S(=O)(=O)O)cc4c2C1(C)C)N3CCOC. The van der Waals surface area contributed by atoms with Gasteiger partial charge in [-0.15, -0.1) is 0 Å². The third-order valence-corrected chi connectivity index (χ3v) is 16.2. The number of methoxy groups -OCH3 is 2. The number of hydrogen-bond acceptors (Lipinski definition) is 13. The van der Waals surface area contributed by atoms with Crippen molar-refractivity contribution < 1.29 is 80.6 Å². The van der Waals surface area contributed by atoms with Gasteiger partial charge in [0.2, 0.25) is 5.69 Å². The highest BCUT2D eigenvalue weighted by Gasteiger charge is 2.47. The number of fused-ring (bicyclic) bond motifs is 6. The fourth-order valence-electron chi connectivity index (χ4n) is 9.72. The van der Waals surface area contributed by atoms with Gasteiger partial charge in [-0.1, -0.05) is 12.1 Å². The minimum Gasteiger partial charge on any atom is -0.481 e. The molecule has 380 valence electrons. The molecule has 4 aromatic carbocycles. The third kappa shape index (κ3) is 11.3. The van der Waals surface area contributed by atoms with Crippen LogP contribution < -0.4 is 10.2 Å². The minimum absolute atomic E-state index is 0.0198. The predicted molar refractivity (Wildman–Crippen MR) is 260 cm³/mol. The van der Waals surface area contributed by atoms with Crippen molar-refractivity contribution in [3.05, 3.63) is 89.1 Å². The van der Waals surface area contributed by atoms with Crippen LogP contribution >= 0.6 is 0 Å². The number of nitrogens with zero attached hydrogens (tertiary/aromatic N) is 2. The van der Waals surface area contributed by atoms with Gasteiger partial charge in [0.1, 0.15) is 16.3 Å². The molecule has 2 aliphatic rings. The number of benzene rings is 4. The maximum Gasteiger partial charge on any atom is 0.303 e. The Morgan fingerprint density at radius 1 is 0.743 bits per heavy atom. The third-order valence-electron chi connectivity index (χ3n) is 12.8. The number of carbonyl (C=O) groups is 2. The standard InChI is InChI=1S/C46H55N3O17S4/c1-45(2)39(48(20-8-6-7-13-41(50)51)35-16-14-32-34(42(35)45)27-30(68(56,57)58)28-38(32)70(62,63)64)11-9-12-40-46(3,18-10-24-67(53,54)55)43-33-25-29(44(52)47-19-22-65-4)26-37(69(59,60)61)31(33)15-17-36(43)49(40)21-23-66-5/h9,11-12,14-17,25-28H,6-8,10,13,18-24H2,1-5H3,(H5-,47,50,51,52,53,54,55,56,57,58,59,60,61,62,63,64)/p+1. The molecule has 0 radical (unpaired) electrons. The Morgan fingerprint density at radius 2 is 1.37 bits per heavy atom. The summed E-state index contributed by atoms with van der Waals surface area (Å²) in [5, 5.41) is 12.3. The molecular formula is C46H56N3O17S4+. The van der Waals surface area contributed by atoms with Gasteiger partial charge in [0, 0.05) is 91.0 Å². The van der Waals surface area contributed by atoms with Gasteiger partial charge in [-0.05, 0) is 105 Å². The van der Waals surface area contributed by atoms with Crippen LogP contribution in [0.2, 0.25) is 0 Å². The van der Waals surface area contributed by atoms with Crippen LogP contribution in [0.15, 0.2) is 87.1 Å². The Kier molecular flexibility index (Phi) is 15.9. The lowest BCUT2D eigenvalue weighted by molar-refractivity contribution is -0.438. The number of rotatable bonds is 22. The summed E-state index contributed by atoms with van der Waals surface area (Å²) in [7, 11) is -16.5. The molecule has 1 unspecified atom stereocenters. The summed E-state index contributed by atoms with van der Waals surface area (Å²) < 4.78 is 154. The molecule has 2 heterocycles. The van der Waals surface area contributed by atoms with Gasteiger partial charge in [-0.2, -0.15) is 38.2 Å². The van der Waals surface area contributed by atoms with E-state index >= 15 is 0 Å². The molecule has 6 N–H and O–H groups in total. The van der Waals surface area contributed by atoms with E-state index in [0.29, 0.717) is 65.8 Å². The molecule has 0 spiro atoms. The van der Waals surface area contributed by atoms with Crippen molar-refractivity contribution in [2.75, 3.05) is 57.7 Å². The molecule has 24 heteroatoms. The van der Waals surface area contributed by atoms with Crippen molar-refractivity contribution in [1.82, 2.24) is 5.32 Å². The van der Waals surface area contributed by atoms with Crippen LogP contribution in [0.5, 0.6) is 0 Å². The molecule has 0 aromatic heterocycles. The van der Waals surface area contributed by atoms with Crippen molar-refractivity contribution in [2.24, 2.45) is 0 Å². The molecule has 0 fully saturated rings. The number of ether oxygens (including phenoxy) is 2. The molecule has 6 rings (SSSR count). The first-order chi connectivity index (χ1) is 32.6. The van der Waals surface area contributed by atoms with Crippen molar-refractivity contribution in [3.63, 3.8) is 0 Å². The zero-order valence-electron chi connectivity index (χ0n) is 39.0. The lowest BCUT2D eigenvalue weighted by Gasteiger charge is -2.31. The van der Waals surface area contributed by atoms with Gasteiger partial charge in [0.25, 0.3) is 46.4 Å². The Hall–Kier alpha value is -5.15. The van der Waals surface area contributed by atoms with E-state index in [0.717, 1.165) is 12.1 Å². The molecule has 1 atom stereocenters. The maximum absolute atomic E-state index is 13.5. The van der Waals surface area contributed by atoms with Gasteiger partial charge in [-0.3, -0.25) is 27.8 Å². The smallest absolute Gasteiger partial charge is 0.303 e. The number of nitrogens with one attached hydrogen (secondary N) is 1. The van der Waals surface area contributed by atoms with E-state index < -0.39 is 83.6 Å². The second-order valence-corrected chi connectivity index (χ2v) is 23.6. The Balaban J connectivity index is 1.61. The molecule has 4 aromatic rings. The molecule has 0 bridgehead atoms. The van der Waals surface area contributed by atoms with Crippen LogP contribution in [-0.2, 0) is 65.6 Å². The fourth-order valence-corrected chi connectivity index (χ4v) is 12.3. The monoisotopic (exact) mass is 1050 g/mol. The summed E-state index contributed by atoms with van der Waals surface area (Å²) in [6.45, 7) is 6.34. The van der Waals surface area contributed by atoms with E-state index in [-0.39, 0.29) is 72.7 Å². The Labute approximate surface area is 406 Å². The summed E-state index contributed by atoms with van der Waals surface area (Å²) in [4.78, 5) is 24.7. The molecule has 0 saturated heterocycles. The molecule has 20 nitrogen and oxygen atoms in total. The highest BCUT2D eigenvalue weighted by molar-refractivity contribution is 7.87. The van der Waals surface area contributed by atoms with E-state index in [1.165, 1.54) is 32.4 Å². The first kappa shape index (κ1) is 54.2. The van der Waals surface area contributed by atoms with Crippen molar-refractivity contribution >= 4 is 91.0 Å². The van der Waals surface area contributed by atoms with Gasteiger partial charge in [0.05, 0.1) is 29.3 Å². The Bertz CT molecular complexity index is 3330. The number of carboxylic acids is 1. The summed E-state index contributed by atoms with van der Waals surface area (Å²) in [5.41, 5.74) is 0.770. The second kappa shape index (κ2) is 20.5. The number of carbonyl (C=O) groups excluding carboxylic acids is 1. The highest BCUT2D eigenvalue weighted by Crippen LogP contribution is 2.54. The van der Waals surface area contributed by atoms with Gasteiger partial charge in [-0.25, -0.2) is 0 Å². The van der Waals surface area contributed by atoms with Crippen LogP contribution in [0.3, 0.4) is 0 Å². The average molecular weight is 1050 g/mol. The van der Waals surface area contributed by atoms with E-state index in [2.05, 4.69) is 5.32 Å². The molecule has 2 aliphatic heterocycles. The number of aliphatic carboxylic acids is 1. The molecule has 1 amide bonds. The number of anilines is 1. The zero-order valence-corrected chi connectivity index (χ0v) is 42.3. The van der Waals surface area contributed by atoms with Crippen molar-refractivity contribution in [3.8, 4) is 0 Å². The largest absolute Gasteiger partial charge is 0.481 e. The van der Waals surface area contributed by atoms with Crippen LogP contribution in [0.1, 0.15) is 80.8 Å². The lowest BCUT2D eigenvalue weighted by atomic mass is 9.75. The van der Waals surface area contributed by atoms with Gasteiger partial charge in [0.15, 0.2) is 5.71 Å². The number of allylic oxidation sites excluding steroid dienone is 4. The Morgan fingerprint density at radius 3 is 1.97 bits per heavy atom. The first-order valence-corrected chi connectivity index (χ1v) is 27.9. The quantitative estimate of drug-likeness (QED) is 0.0314. The average Bonchev–Trinajstić information content (AvgIpc) is 3.62. The van der Waals surface area contributed by atoms with Crippen molar-refractivity contribution in [2.45, 2.75) is 84.8 Å². The number of carboxylic acid groups (broad SMARTS) is 1. The summed E-state index contributed by atoms with van der Waals surface area (Å²) >= 11 is 0.